The molecule has 2 aromatic rings. The molecule has 5 amide bonds. The number of hydrogen-bond donors (Lipinski definition) is 9. The lowest BCUT2D eigenvalue weighted by molar-refractivity contribution is -0.129. The number of H-pyrrole nitrogens is 1. The Bertz CT molecular complexity index is 1570. The quantitative estimate of drug-likeness (QED) is 0.0557. The number of amides is 5. The molecule has 3 rings (SSSR count). The van der Waals surface area contributed by atoms with E-state index in [9.17, 15) is 33.2 Å². The summed E-state index contributed by atoms with van der Waals surface area (Å²) in [5.74, 6) is -1.99. The molecule has 10 N–H and O–H groups in total. The summed E-state index contributed by atoms with van der Waals surface area (Å²) in [6, 6.07) is 2.60. The highest BCUT2D eigenvalue weighted by molar-refractivity contribution is 7.46. The molecule has 0 saturated heterocycles. The van der Waals surface area contributed by atoms with E-state index in [0.29, 0.717) is 74.0 Å². The Hall–Kier alpha value is -4.08. The van der Waals surface area contributed by atoms with Crippen molar-refractivity contribution >= 4 is 48.9 Å². The van der Waals surface area contributed by atoms with Crippen LogP contribution in [0.4, 0.5) is 14.9 Å². The number of aliphatic hydroxyl groups excluding tert-OH is 1. The van der Waals surface area contributed by atoms with E-state index in [1.807, 2.05) is 13.8 Å². The van der Waals surface area contributed by atoms with Crippen molar-refractivity contribution in [3.05, 3.63) is 52.1 Å². The number of primary amides is 1. The van der Waals surface area contributed by atoms with Crippen LogP contribution >= 0.6 is 7.82 Å². The molecule has 2 heterocycles. The number of aromatic nitrogens is 1. The summed E-state index contributed by atoms with van der Waals surface area (Å²) >= 11 is 0. The van der Waals surface area contributed by atoms with Crippen LogP contribution in [-0.4, -0.2) is 76.0 Å². The van der Waals surface area contributed by atoms with E-state index in [1.165, 1.54) is 18.2 Å². The van der Waals surface area contributed by atoms with Crippen molar-refractivity contribution in [2.24, 2.45) is 11.7 Å². The zero-order chi connectivity index (χ0) is 36.1. The minimum absolute atomic E-state index is 0.0797. The molecule has 1 unspecified atom stereocenters. The molecule has 1 aromatic carbocycles. The highest BCUT2D eigenvalue weighted by Crippen LogP contribution is 2.37. The van der Waals surface area contributed by atoms with Crippen LogP contribution < -0.4 is 27.0 Å². The van der Waals surface area contributed by atoms with Crippen molar-refractivity contribution < 1.29 is 47.6 Å². The van der Waals surface area contributed by atoms with Gasteiger partial charge in [-0.1, -0.05) is 6.42 Å². The molecule has 270 valence electrons. The smallest absolute Gasteiger partial charge is 0.396 e. The number of phosphoric ester groups is 1. The van der Waals surface area contributed by atoms with E-state index >= 15 is 0 Å². The second-order valence-corrected chi connectivity index (χ2v) is 13.2. The van der Waals surface area contributed by atoms with Gasteiger partial charge >= 0.3 is 13.9 Å². The van der Waals surface area contributed by atoms with Crippen LogP contribution in [0.3, 0.4) is 0 Å². The van der Waals surface area contributed by atoms with Crippen molar-refractivity contribution in [1.82, 2.24) is 20.9 Å². The number of aromatic amines is 1. The largest absolute Gasteiger partial charge is 0.469 e. The van der Waals surface area contributed by atoms with E-state index in [4.69, 9.17) is 15.5 Å². The van der Waals surface area contributed by atoms with Gasteiger partial charge in [-0.3, -0.25) is 18.9 Å². The van der Waals surface area contributed by atoms with Gasteiger partial charge < -0.3 is 46.9 Å². The molecule has 0 spiro atoms. The van der Waals surface area contributed by atoms with Gasteiger partial charge in [-0.25, -0.2) is 13.8 Å². The molecule has 1 aliphatic heterocycles. The van der Waals surface area contributed by atoms with E-state index in [0.717, 1.165) is 16.8 Å². The number of urea groups is 1. The van der Waals surface area contributed by atoms with Crippen molar-refractivity contribution in [3.8, 4) is 0 Å². The number of rotatable bonds is 20. The number of halogens is 1. The zero-order valence-electron chi connectivity index (χ0n) is 27.6. The van der Waals surface area contributed by atoms with Crippen LogP contribution in [0.15, 0.2) is 18.2 Å². The first kappa shape index (κ1) is 39.4. The van der Waals surface area contributed by atoms with Crippen molar-refractivity contribution in [1.29, 1.82) is 0 Å². The number of carbonyl (C=O) groups excluding carboxylic acids is 4. The third-order valence-electron chi connectivity index (χ3n) is 8.23. The molecule has 0 bridgehead atoms. The average molecular weight is 709 g/mol. The standard InChI is InChI=1S/C32H46FN6O9P/c1-19-23(20(2)37-28(19)16-25-24-15-22(33)9-11-26(24)39-30(25)42)10-12-29(41)38-27(8-4-6-14-36-32(34)44)31(43)35-13-5-3-7-21(17-40)18-48-49(45,46)47/h9,11,15-16,21,27,37,40H,3-8,10,12-14,17-18H2,1-2H3,(H,35,43)(H,38,41)(H,39,42)(H3,34,36,44)(H2,45,46,47)/t21?,27-/m0/s1. The fourth-order valence-corrected chi connectivity index (χ4v) is 5.97. The SMILES string of the molecule is Cc1[nH]c(C=C2C(=O)Nc3ccc(F)cc32)c(C)c1CCC(=O)N[C@@H](CCCCNC(N)=O)C(=O)NCCCCC(CO)COP(=O)(O)O. The van der Waals surface area contributed by atoms with Crippen LogP contribution in [0.25, 0.3) is 11.6 Å². The van der Waals surface area contributed by atoms with Gasteiger partial charge in [0, 0.05) is 54.7 Å². The zero-order valence-corrected chi connectivity index (χ0v) is 28.5. The van der Waals surface area contributed by atoms with Gasteiger partial charge in [0.1, 0.15) is 11.9 Å². The van der Waals surface area contributed by atoms with Crippen LogP contribution in [-0.2, 0) is 29.9 Å². The van der Waals surface area contributed by atoms with Crippen molar-refractivity contribution in [2.45, 2.75) is 71.3 Å². The molecule has 0 fully saturated rings. The summed E-state index contributed by atoms with van der Waals surface area (Å²) in [7, 11) is -4.64. The topological polar surface area (TPSA) is 245 Å². The van der Waals surface area contributed by atoms with E-state index in [1.54, 1.807) is 6.08 Å². The summed E-state index contributed by atoms with van der Waals surface area (Å²) in [4.78, 5) is 70.7. The molecular formula is C32H46FN6O9P. The number of hydrogen-bond acceptors (Lipinski definition) is 7. The number of nitrogens with two attached hydrogens (primary N) is 1. The lowest BCUT2D eigenvalue weighted by atomic mass is 10.0. The van der Waals surface area contributed by atoms with Gasteiger partial charge in [-0.05, 0) is 87.8 Å². The van der Waals surface area contributed by atoms with Gasteiger partial charge in [-0.15, -0.1) is 0 Å². The third-order valence-corrected chi connectivity index (χ3v) is 8.72. The number of nitrogens with one attached hydrogen (secondary N) is 5. The summed E-state index contributed by atoms with van der Waals surface area (Å²) < 4.78 is 29.3. The Morgan fingerprint density at radius 3 is 2.45 bits per heavy atom. The second-order valence-electron chi connectivity index (χ2n) is 12.0. The number of fused-ring (bicyclic) bond motifs is 1. The Morgan fingerprint density at radius 2 is 1.78 bits per heavy atom. The number of aliphatic hydroxyl groups is 1. The molecular weight excluding hydrogens is 662 g/mol. The first-order valence-corrected chi connectivity index (χ1v) is 17.6. The number of aryl methyl sites for hydroxylation is 1. The molecule has 17 heteroatoms. The van der Waals surface area contributed by atoms with Gasteiger partial charge in [0.25, 0.3) is 5.91 Å². The Balaban J connectivity index is 1.57. The monoisotopic (exact) mass is 708 g/mol. The summed E-state index contributed by atoms with van der Waals surface area (Å²) in [6.07, 6.45) is 4.97. The van der Waals surface area contributed by atoms with Crippen LogP contribution in [0.5, 0.6) is 0 Å². The van der Waals surface area contributed by atoms with E-state index in [-0.39, 0.29) is 43.9 Å². The first-order chi connectivity index (χ1) is 23.2. The van der Waals surface area contributed by atoms with Gasteiger partial charge in [0.2, 0.25) is 11.8 Å². The minimum atomic E-state index is -4.64. The predicted octanol–water partition coefficient (Wildman–Crippen LogP) is 2.52. The van der Waals surface area contributed by atoms with Crippen LogP contribution in [0.1, 0.15) is 73.0 Å². The molecule has 0 saturated carbocycles. The number of unbranched alkanes of at least 4 members (excludes halogenated alkanes) is 2. The van der Waals surface area contributed by atoms with E-state index < -0.39 is 31.6 Å². The van der Waals surface area contributed by atoms with Gasteiger partial charge in [0.05, 0.1) is 12.2 Å². The van der Waals surface area contributed by atoms with E-state index in [2.05, 4.69) is 30.8 Å². The fourth-order valence-electron chi connectivity index (χ4n) is 5.56. The molecule has 1 aromatic heterocycles. The molecule has 15 nitrogen and oxygen atoms in total. The Kier molecular flexibility index (Phi) is 15.0. The average Bonchev–Trinajstić information content (AvgIpc) is 3.48. The number of benzene rings is 1. The Labute approximate surface area is 283 Å². The first-order valence-electron chi connectivity index (χ1n) is 16.1. The Morgan fingerprint density at radius 1 is 1.08 bits per heavy atom. The lowest BCUT2D eigenvalue weighted by Crippen LogP contribution is -2.47. The number of anilines is 1. The summed E-state index contributed by atoms with van der Waals surface area (Å²) in [5, 5.41) is 20.3. The maximum atomic E-state index is 13.9. The third kappa shape index (κ3) is 12.7. The minimum Gasteiger partial charge on any atom is -0.396 e. The molecule has 0 aliphatic carbocycles. The highest BCUT2D eigenvalue weighted by atomic mass is 31.2. The maximum Gasteiger partial charge on any atom is 0.469 e. The van der Waals surface area contributed by atoms with Gasteiger partial charge in [-0.2, -0.15) is 0 Å². The maximum absolute atomic E-state index is 13.9. The molecule has 0 radical (unpaired) electrons. The molecule has 2 atom stereocenters. The van der Waals surface area contributed by atoms with Crippen molar-refractivity contribution in [3.63, 3.8) is 0 Å². The normalized spacial score (nSPS) is 14.7. The number of phosphoric acid groups is 1. The number of carbonyl (C=O) groups is 4. The fraction of sp³-hybridized carbons (Fsp3) is 0.500. The second kappa shape index (κ2) is 18.6. The summed E-state index contributed by atoms with van der Waals surface area (Å²) in [6.45, 7) is 3.72. The van der Waals surface area contributed by atoms with Crippen molar-refractivity contribution in [2.75, 3.05) is 31.6 Å². The van der Waals surface area contributed by atoms with Crippen LogP contribution in [0.2, 0.25) is 0 Å². The molecule has 1 aliphatic rings. The molecule has 49 heavy (non-hydrogen) atoms. The highest BCUT2D eigenvalue weighted by Gasteiger charge is 2.26. The van der Waals surface area contributed by atoms with Gasteiger partial charge in [0.15, 0.2) is 0 Å². The lowest BCUT2D eigenvalue weighted by Gasteiger charge is -2.19. The predicted molar refractivity (Wildman–Crippen MR) is 180 cm³/mol. The summed E-state index contributed by atoms with van der Waals surface area (Å²) in [5.41, 5.74) is 9.61. The van der Waals surface area contributed by atoms with Crippen LogP contribution in [0, 0.1) is 25.6 Å².